The highest BCUT2D eigenvalue weighted by molar-refractivity contribution is 6.08. The largest absolute Gasteiger partial charge is 0.464 e. The minimum atomic E-state index is 0.112. The van der Waals surface area contributed by atoms with E-state index in [1.165, 1.54) is 0 Å². The Balaban J connectivity index is 2.02. The van der Waals surface area contributed by atoms with Crippen LogP contribution in [0.15, 0.2) is 34.9 Å². The molecule has 0 aliphatic carbocycles. The van der Waals surface area contributed by atoms with Crippen LogP contribution in [0.4, 0.5) is 0 Å². The van der Waals surface area contributed by atoms with Crippen LogP contribution in [0.1, 0.15) is 16.8 Å². The molecule has 0 spiro atoms. The van der Waals surface area contributed by atoms with Gasteiger partial charge in [-0.3, -0.25) is 4.79 Å². The highest BCUT2D eigenvalue weighted by atomic mass is 16.3. The van der Waals surface area contributed by atoms with Crippen LogP contribution >= 0.6 is 0 Å². The lowest BCUT2D eigenvalue weighted by molar-refractivity contribution is 0.0931. The highest BCUT2D eigenvalue weighted by Gasteiger charge is 2.25. The molecule has 1 fully saturated rings. The topological polar surface area (TPSA) is 42.2 Å². The lowest BCUT2D eigenvalue weighted by atomic mass is 9.97. The van der Waals surface area contributed by atoms with Crippen LogP contribution in [-0.2, 0) is 0 Å². The van der Waals surface area contributed by atoms with Crippen molar-refractivity contribution in [1.29, 1.82) is 0 Å². The standard InChI is InChI=1S/C13H13NO2/c15-13(9-5-6-14-7-9)11-8-16-12-4-2-1-3-10(11)12/h1-4,8-9,14H,5-7H2. The molecule has 0 saturated carbocycles. The van der Waals surface area contributed by atoms with Crippen molar-refractivity contribution in [3.05, 3.63) is 36.1 Å². The van der Waals surface area contributed by atoms with E-state index in [0.717, 1.165) is 36.0 Å². The summed E-state index contributed by atoms with van der Waals surface area (Å²) in [5, 5.41) is 4.14. The Morgan fingerprint density at radius 2 is 2.25 bits per heavy atom. The maximum atomic E-state index is 12.2. The number of benzene rings is 1. The van der Waals surface area contributed by atoms with Crippen molar-refractivity contribution >= 4 is 16.8 Å². The SMILES string of the molecule is O=C(c1coc2ccccc12)C1CCNC1. The molecule has 1 atom stereocenters. The lowest BCUT2D eigenvalue weighted by Crippen LogP contribution is -2.17. The number of carbonyl (C=O) groups excluding carboxylic acids is 1. The van der Waals surface area contributed by atoms with Crippen molar-refractivity contribution in [2.24, 2.45) is 5.92 Å². The van der Waals surface area contributed by atoms with Crippen molar-refractivity contribution < 1.29 is 9.21 Å². The predicted octanol–water partition coefficient (Wildman–Crippen LogP) is 2.22. The summed E-state index contributed by atoms with van der Waals surface area (Å²) in [6.07, 6.45) is 2.52. The quantitative estimate of drug-likeness (QED) is 0.781. The third kappa shape index (κ3) is 1.44. The Morgan fingerprint density at radius 3 is 3.06 bits per heavy atom. The van der Waals surface area contributed by atoms with E-state index in [9.17, 15) is 4.79 Å². The Kier molecular flexibility index (Phi) is 2.26. The molecule has 3 heteroatoms. The van der Waals surface area contributed by atoms with E-state index in [1.54, 1.807) is 6.26 Å². The number of fused-ring (bicyclic) bond motifs is 1. The van der Waals surface area contributed by atoms with Crippen molar-refractivity contribution in [2.75, 3.05) is 13.1 Å². The van der Waals surface area contributed by atoms with E-state index in [2.05, 4.69) is 5.32 Å². The van der Waals surface area contributed by atoms with Gasteiger partial charge >= 0.3 is 0 Å². The molecule has 16 heavy (non-hydrogen) atoms. The zero-order chi connectivity index (χ0) is 11.0. The summed E-state index contributed by atoms with van der Waals surface area (Å²) in [6, 6.07) is 7.67. The first-order valence-electron chi connectivity index (χ1n) is 5.57. The fourth-order valence-corrected chi connectivity index (χ4v) is 2.27. The molecule has 3 nitrogen and oxygen atoms in total. The molecule has 1 aromatic heterocycles. The number of carbonyl (C=O) groups is 1. The van der Waals surface area contributed by atoms with Gasteiger partial charge in [0.05, 0.1) is 5.56 Å². The van der Waals surface area contributed by atoms with E-state index in [-0.39, 0.29) is 11.7 Å². The summed E-state index contributed by atoms with van der Waals surface area (Å²) in [5.41, 5.74) is 1.51. The predicted molar refractivity (Wildman–Crippen MR) is 61.5 cm³/mol. The van der Waals surface area contributed by atoms with Gasteiger partial charge in [0.2, 0.25) is 0 Å². The first-order valence-corrected chi connectivity index (χ1v) is 5.57. The number of Topliss-reactive ketones (excluding diaryl/α,β-unsaturated/α-hetero) is 1. The first kappa shape index (κ1) is 9.60. The van der Waals surface area contributed by atoms with E-state index in [0.29, 0.717) is 0 Å². The maximum Gasteiger partial charge on any atom is 0.171 e. The molecule has 2 heterocycles. The molecule has 1 unspecified atom stereocenters. The molecule has 1 aliphatic heterocycles. The molecule has 82 valence electrons. The Labute approximate surface area is 93.4 Å². The number of para-hydroxylation sites is 1. The van der Waals surface area contributed by atoms with Crippen LogP contribution in [0.3, 0.4) is 0 Å². The lowest BCUT2D eigenvalue weighted by Gasteiger charge is -2.04. The maximum absolute atomic E-state index is 12.2. The van der Waals surface area contributed by atoms with Crippen molar-refractivity contribution in [1.82, 2.24) is 5.32 Å². The van der Waals surface area contributed by atoms with E-state index in [1.807, 2.05) is 24.3 Å². The van der Waals surface area contributed by atoms with Crippen LogP contribution in [0, 0.1) is 5.92 Å². The Hall–Kier alpha value is -1.61. The molecule has 1 saturated heterocycles. The molecule has 1 aromatic carbocycles. The monoisotopic (exact) mass is 215 g/mol. The highest BCUT2D eigenvalue weighted by Crippen LogP contribution is 2.25. The fourth-order valence-electron chi connectivity index (χ4n) is 2.27. The van der Waals surface area contributed by atoms with Crippen LogP contribution < -0.4 is 5.32 Å². The average molecular weight is 215 g/mol. The van der Waals surface area contributed by atoms with Crippen LogP contribution in [-0.4, -0.2) is 18.9 Å². The van der Waals surface area contributed by atoms with E-state index < -0.39 is 0 Å². The van der Waals surface area contributed by atoms with Gasteiger partial charge in [-0.15, -0.1) is 0 Å². The zero-order valence-electron chi connectivity index (χ0n) is 8.90. The van der Waals surface area contributed by atoms with Gasteiger partial charge in [-0.25, -0.2) is 0 Å². The molecule has 2 aromatic rings. The molecular weight excluding hydrogens is 202 g/mol. The van der Waals surface area contributed by atoms with Gasteiger partial charge in [0.1, 0.15) is 11.8 Å². The second-order valence-corrected chi connectivity index (χ2v) is 4.20. The van der Waals surface area contributed by atoms with Gasteiger partial charge in [0.15, 0.2) is 5.78 Å². The van der Waals surface area contributed by atoms with E-state index in [4.69, 9.17) is 4.42 Å². The first-order chi connectivity index (χ1) is 7.86. The van der Waals surface area contributed by atoms with E-state index >= 15 is 0 Å². The van der Waals surface area contributed by atoms with Crippen molar-refractivity contribution in [3.8, 4) is 0 Å². The van der Waals surface area contributed by atoms with Gasteiger partial charge in [-0.05, 0) is 19.0 Å². The van der Waals surface area contributed by atoms with Crippen molar-refractivity contribution in [3.63, 3.8) is 0 Å². The molecular formula is C13H13NO2. The van der Waals surface area contributed by atoms with Gasteiger partial charge in [-0.1, -0.05) is 18.2 Å². The Morgan fingerprint density at radius 1 is 1.38 bits per heavy atom. The third-order valence-corrected chi connectivity index (χ3v) is 3.18. The van der Waals surface area contributed by atoms with Gasteiger partial charge < -0.3 is 9.73 Å². The normalized spacial score (nSPS) is 20.4. The summed E-state index contributed by atoms with van der Waals surface area (Å²) in [6.45, 7) is 1.73. The summed E-state index contributed by atoms with van der Waals surface area (Å²) in [4.78, 5) is 12.2. The molecule has 3 rings (SSSR count). The van der Waals surface area contributed by atoms with Crippen LogP contribution in [0.2, 0.25) is 0 Å². The van der Waals surface area contributed by atoms with Crippen LogP contribution in [0.5, 0.6) is 0 Å². The Bertz CT molecular complexity index is 523. The zero-order valence-corrected chi connectivity index (χ0v) is 8.90. The summed E-state index contributed by atoms with van der Waals surface area (Å²) >= 11 is 0. The number of nitrogens with one attached hydrogen (secondary N) is 1. The number of hydrogen-bond donors (Lipinski definition) is 1. The van der Waals surface area contributed by atoms with Crippen LogP contribution in [0.25, 0.3) is 11.0 Å². The number of furan rings is 1. The molecule has 0 amide bonds. The van der Waals surface area contributed by atoms with Gasteiger partial charge in [0.25, 0.3) is 0 Å². The summed E-state index contributed by atoms with van der Waals surface area (Å²) in [5.74, 6) is 0.316. The second-order valence-electron chi connectivity index (χ2n) is 4.20. The number of ketones is 1. The van der Waals surface area contributed by atoms with Crippen molar-refractivity contribution in [2.45, 2.75) is 6.42 Å². The average Bonchev–Trinajstić information content (AvgIpc) is 2.98. The fraction of sp³-hybridized carbons (Fsp3) is 0.308. The molecule has 1 aliphatic rings. The smallest absolute Gasteiger partial charge is 0.171 e. The minimum Gasteiger partial charge on any atom is -0.464 e. The number of hydrogen-bond acceptors (Lipinski definition) is 3. The minimum absolute atomic E-state index is 0.112. The second kappa shape index (κ2) is 3.76. The number of rotatable bonds is 2. The third-order valence-electron chi connectivity index (χ3n) is 3.18. The van der Waals surface area contributed by atoms with Gasteiger partial charge in [-0.2, -0.15) is 0 Å². The molecule has 0 bridgehead atoms. The summed E-state index contributed by atoms with van der Waals surface area (Å²) < 4.78 is 5.39. The summed E-state index contributed by atoms with van der Waals surface area (Å²) in [7, 11) is 0. The molecule has 0 radical (unpaired) electrons. The van der Waals surface area contributed by atoms with Gasteiger partial charge in [0, 0.05) is 17.8 Å². The molecule has 1 N–H and O–H groups in total.